The van der Waals surface area contributed by atoms with E-state index in [4.69, 9.17) is 11.0 Å². The fourth-order valence-corrected chi connectivity index (χ4v) is 1.09. The number of benzene rings is 1. The minimum Gasteiger partial charge on any atom is -0.365 e. The smallest absolute Gasteiger partial charge is 0.276 e. The summed E-state index contributed by atoms with van der Waals surface area (Å²) in [6, 6.07) is 7.34. The molecule has 16 heavy (non-hydrogen) atoms. The Morgan fingerprint density at radius 3 is 2.62 bits per heavy atom. The molecular weight excluding hydrogens is 210 g/mol. The average molecular weight is 217 g/mol. The van der Waals surface area contributed by atoms with Gasteiger partial charge in [0.2, 0.25) is 0 Å². The van der Waals surface area contributed by atoms with Gasteiger partial charge >= 0.3 is 0 Å². The normalized spacial score (nSPS) is 10.6. The van der Waals surface area contributed by atoms with Gasteiger partial charge in [-0.05, 0) is 12.1 Å². The first-order valence-electron chi connectivity index (χ1n) is 4.21. The van der Waals surface area contributed by atoms with Crippen LogP contribution in [0, 0.1) is 21.4 Å². The Morgan fingerprint density at radius 1 is 1.50 bits per heavy atom. The molecule has 6 nitrogen and oxygen atoms in total. The molecule has 0 aliphatic rings. The Labute approximate surface area is 90.7 Å². The van der Waals surface area contributed by atoms with Crippen molar-refractivity contribution < 1.29 is 9.72 Å². The van der Waals surface area contributed by atoms with Crippen LogP contribution in [0.4, 0.5) is 5.69 Å². The lowest BCUT2D eigenvalue weighted by Crippen LogP contribution is -2.12. The van der Waals surface area contributed by atoms with Crippen molar-refractivity contribution in [1.29, 1.82) is 5.26 Å². The van der Waals surface area contributed by atoms with E-state index in [1.165, 1.54) is 18.2 Å². The summed E-state index contributed by atoms with van der Waals surface area (Å²) >= 11 is 0. The first-order valence-corrected chi connectivity index (χ1v) is 4.21. The predicted molar refractivity (Wildman–Crippen MR) is 55.9 cm³/mol. The summed E-state index contributed by atoms with van der Waals surface area (Å²) in [5.74, 6) is -0.916. The fraction of sp³-hybridized carbons (Fsp3) is 0. The number of amides is 1. The second kappa shape index (κ2) is 4.70. The van der Waals surface area contributed by atoms with Crippen LogP contribution < -0.4 is 5.73 Å². The van der Waals surface area contributed by atoms with Crippen LogP contribution in [0.1, 0.15) is 5.56 Å². The van der Waals surface area contributed by atoms with Gasteiger partial charge in [0.05, 0.1) is 10.5 Å². The van der Waals surface area contributed by atoms with Crippen molar-refractivity contribution >= 4 is 17.7 Å². The highest BCUT2D eigenvalue weighted by Crippen LogP contribution is 2.20. The molecule has 1 amide bonds. The van der Waals surface area contributed by atoms with Gasteiger partial charge in [0, 0.05) is 6.07 Å². The van der Waals surface area contributed by atoms with Crippen LogP contribution in [0.15, 0.2) is 29.8 Å². The quantitative estimate of drug-likeness (QED) is 0.352. The van der Waals surface area contributed by atoms with E-state index >= 15 is 0 Å². The molecule has 6 heteroatoms. The third-order valence-electron chi connectivity index (χ3n) is 1.82. The van der Waals surface area contributed by atoms with Crippen molar-refractivity contribution in [2.45, 2.75) is 0 Å². The average Bonchev–Trinajstić information content (AvgIpc) is 2.25. The number of nitro benzene ring substituents is 1. The molecule has 0 heterocycles. The highest BCUT2D eigenvalue weighted by Gasteiger charge is 2.12. The van der Waals surface area contributed by atoms with Crippen molar-refractivity contribution in [1.82, 2.24) is 0 Å². The monoisotopic (exact) mass is 217 g/mol. The lowest BCUT2D eigenvalue weighted by Gasteiger charge is -1.97. The van der Waals surface area contributed by atoms with Gasteiger partial charge in [-0.3, -0.25) is 14.9 Å². The van der Waals surface area contributed by atoms with Gasteiger partial charge in [0.1, 0.15) is 11.6 Å². The number of hydrogen-bond donors (Lipinski definition) is 1. The summed E-state index contributed by atoms with van der Waals surface area (Å²) in [7, 11) is 0. The summed E-state index contributed by atoms with van der Waals surface area (Å²) < 4.78 is 0. The Hall–Kier alpha value is -2.68. The highest BCUT2D eigenvalue weighted by molar-refractivity contribution is 6.01. The van der Waals surface area contributed by atoms with Gasteiger partial charge in [0.15, 0.2) is 0 Å². The zero-order valence-electron chi connectivity index (χ0n) is 8.08. The molecule has 0 radical (unpaired) electrons. The molecule has 1 rings (SSSR count). The van der Waals surface area contributed by atoms with E-state index in [1.807, 2.05) is 0 Å². The number of nitrogens with zero attached hydrogens (tertiary/aromatic N) is 2. The van der Waals surface area contributed by atoms with E-state index in [-0.39, 0.29) is 16.8 Å². The van der Waals surface area contributed by atoms with E-state index < -0.39 is 10.8 Å². The Kier molecular flexibility index (Phi) is 3.35. The standard InChI is InChI=1S/C10H7N3O3/c11-6-8(10(12)14)5-7-3-1-2-4-9(7)13(15)16/h1-5H,(H2,12,14)/b8-5-. The summed E-state index contributed by atoms with van der Waals surface area (Å²) in [6.45, 7) is 0. The van der Waals surface area contributed by atoms with Crippen molar-refractivity contribution in [2.75, 3.05) is 0 Å². The zero-order chi connectivity index (χ0) is 12.1. The van der Waals surface area contributed by atoms with Crippen molar-refractivity contribution in [3.8, 4) is 6.07 Å². The Balaban J connectivity index is 3.30. The summed E-state index contributed by atoms with van der Waals surface area (Å²) in [6.07, 6.45) is 1.10. The lowest BCUT2D eigenvalue weighted by atomic mass is 10.1. The molecule has 0 bridgehead atoms. The van der Waals surface area contributed by atoms with Gasteiger partial charge in [-0.15, -0.1) is 0 Å². The SMILES string of the molecule is N#C/C(=C/c1ccccc1[N+](=O)[O-])C(N)=O. The maximum atomic E-state index is 10.8. The third-order valence-corrected chi connectivity index (χ3v) is 1.82. The molecule has 0 spiro atoms. The van der Waals surface area contributed by atoms with Crippen LogP contribution >= 0.6 is 0 Å². The van der Waals surface area contributed by atoms with Crippen molar-refractivity contribution in [3.63, 3.8) is 0 Å². The van der Waals surface area contributed by atoms with Crippen LogP contribution in [0.3, 0.4) is 0 Å². The molecule has 0 atom stereocenters. The number of rotatable bonds is 3. The number of primary amides is 1. The minimum absolute atomic E-state index is 0.169. The highest BCUT2D eigenvalue weighted by atomic mass is 16.6. The van der Waals surface area contributed by atoms with Gasteiger partial charge in [0.25, 0.3) is 11.6 Å². The number of nitro groups is 1. The minimum atomic E-state index is -0.916. The van der Waals surface area contributed by atoms with Crippen LogP contribution in [-0.2, 0) is 4.79 Å². The third kappa shape index (κ3) is 2.42. The number of hydrogen-bond acceptors (Lipinski definition) is 4. The van der Waals surface area contributed by atoms with E-state index in [1.54, 1.807) is 12.1 Å². The molecular formula is C10H7N3O3. The maximum Gasteiger partial charge on any atom is 0.276 e. The predicted octanol–water partition coefficient (Wildman–Crippen LogP) is 0.987. The molecule has 2 N–H and O–H groups in total. The molecule has 0 aliphatic carbocycles. The summed E-state index contributed by atoms with van der Waals surface area (Å²) in [4.78, 5) is 20.8. The number of carbonyl (C=O) groups excluding carboxylic acids is 1. The van der Waals surface area contributed by atoms with Gasteiger partial charge in [-0.2, -0.15) is 5.26 Å². The van der Waals surface area contributed by atoms with E-state index in [9.17, 15) is 14.9 Å². The van der Waals surface area contributed by atoms with Crippen molar-refractivity contribution in [3.05, 3.63) is 45.5 Å². The van der Waals surface area contributed by atoms with Crippen LogP contribution in [0.25, 0.3) is 6.08 Å². The zero-order valence-corrected chi connectivity index (χ0v) is 8.08. The van der Waals surface area contributed by atoms with E-state index in [0.717, 1.165) is 6.08 Å². The molecule has 1 aromatic carbocycles. The first-order chi connectivity index (χ1) is 7.56. The van der Waals surface area contributed by atoms with E-state index in [2.05, 4.69) is 0 Å². The number of carbonyl (C=O) groups is 1. The molecule has 80 valence electrons. The van der Waals surface area contributed by atoms with Crippen LogP contribution in [0.2, 0.25) is 0 Å². The maximum absolute atomic E-state index is 10.8. The van der Waals surface area contributed by atoms with Crippen molar-refractivity contribution in [2.24, 2.45) is 5.73 Å². The second-order valence-corrected chi connectivity index (χ2v) is 2.85. The Bertz CT molecular complexity index is 514. The van der Waals surface area contributed by atoms with Gasteiger partial charge in [-0.25, -0.2) is 0 Å². The molecule has 1 aromatic rings. The first kappa shape index (κ1) is 11.4. The summed E-state index contributed by atoms with van der Waals surface area (Å²) in [5, 5.41) is 19.2. The topological polar surface area (TPSA) is 110 Å². The Morgan fingerprint density at radius 2 is 2.12 bits per heavy atom. The van der Waals surface area contributed by atoms with E-state index in [0.29, 0.717) is 0 Å². The van der Waals surface area contributed by atoms with Gasteiger partial charge < -0.3 is 5.73 Å². The fourth-order valence-electron chi connectivity index (χ4n) is 1.09. The van der Waals surface area contributed by atoms with Crippen LogP contribution in [-0.4, -0.2) is 10.8 Å². The number of para-hydroxylation sites is 1. The lowest BCUT2D eigenvalue weighted by molar-refractivity contribution is -0.385. The van der Waals surface area contributed by atoms with Crippen LogP contribution in [0.5, 0.6) is 0 Å². The summed E-state index contributed by atoms with van der Waals surface area (Å²) in [5.41, 5.74) is 4.58. The largest absolute Gasteiger partial charge is 0.365 e. The number of nitrogens with two attached hydrogens (primary N) is 1. The molecule has 0 saturated carbocycles. The van der Waals surface area contributed by atoms with Gasteiger partial charge in [-0.1, -0.05) is 12.1 Å². The molecule has 0 aliphatic heterocycles. The molecule has 0 aromatic heterocycles. The second-order valence-electron chi connectivity index (χ2n) is 2.85. The molecule has 0 saturated heterocycles. The number of nitriles is 1. The molecule has 0 fully saturated rings. The molecule has 0 unspecified atom stereocenters.